The molecule has 0 atom stereocenters. The Balaban J connectivity index is 1.81. The van der Waals surface area contributed by atoms with Gasteiger partial charge >= 0.3 is 7.12 Å². The quantitative estimate of drug-likeness (QED) is 0.825. The first kappa shape index (κ1) is 14.1. The summed E-state index contributed by atoms with van der Waals surface area (Å²) in [6, 6.07) is 3.90. The Bertz CT molecular complexity index is 549. The Morgan fingerprint density at radius 3 is 2.05 bits per heavy atom. The topological polar surface area (TPSA) is 40.5 Å². The molecule has 2 N–H and O–H groups in total. The first-order chi connectivity index (χ1) is 9.97. The van der Waals surface area contributed by atoms with Crippen LogP contribution in [0.5, 0.6) is 0 Å². The minimum absolute atomic E-state index is 0.271. The maximum Gasteiger partial charge on any atom is 0.489 e. The normalized spacial score (nSPS) is 37.0. The van der Waals surface area contributed by atoms with Gasteiger partial charge in [-0.3, -0.25) is 0 Å². The average Bonchev–Trinajstić information content (AvgIpc) is 2.35. The van der Waals surface area contributed by atoms with Crippen LogP contribution in [0.25, 0.3) is 0 Å². The highest BCUT2D eigenvalue weighted by atomic mass is 35.5. The Labute approximate surface area is 131 Å². The van der Waals surface area contributed by atoms with Crippen LogP contribution < -0.4 is 5.46 Å². The van der Waals surface area contributed by atoms with Gasteiger partial charge in [0, 0.05) is 10.5 Å². The highest BCUT2D eigenvalue weighted by Gasteiger charge is 2.52. The molecule has 4 saturated carbocycles. The van der Waals surface area contributed by atoms with Gasteiger partial charge in [0.1, 0.15) is 0 Å². The van der Waals surface area contributed by atoms with E-state index in [2.05, 4.69) is 6.92 Å². The molecule has 4 bridgehead atoms. The van der Waals surface area contributed by atoms with Gasteiger partial charge in [-0.25, -0.2) is 0 Å². The molecule has 0 aliphatic heterocycles. The molecule has 5 rings (SSSR count). The molecule has 0 amide bonds. The molecule has 4 fully saturated rings. The third kappa shape index (κ3) is 2.17. The van der Waals surface area contributed by atoms with Crippen LogP contribution in [0.15, 0.2) is 12.1 Å². The van der Waals surface area contributed by atoms with E-state index in [9.17, 15) is 10.0 Å². The van der Waals surface area contributed by atoms with Gasteiger partial charge in [0.25, 0.3) is 0 Å². The van der Waals surface area contributed by atoms with E-state index in [-0.39, 0.29) is 5.41 Å². The average molecular weight is 305 g/mol. The summed E-state index contributed by atoms with van der Waals surface area (Å²) in [7, 11) is -1.48. The van der Waals surface area contributed by atoms with Crippen LogP contribution in [-0.4, -0.2) is 17.2 Å². The lowest BCUT2D eigenvalue weighted by Crippen LogP contribution is -2.49. The van der Waals surface area contributed by atoms with E-state index in [0.717, 1.165) is 17.8 Å². The zero-order valence-corrected chi connectivity index (χ0v) is 13.2. The van der Waals surface area contributed by atoms with Crippen LogP contribution >= 0.6 is 11.6 Å². The van der Waals surface area contributed by atoms with Crippen LogP contribution in [-0.2, 0) is 5.41 Å². The van der Waals surface area contributed by atoms with Crippen LogP contribution in [0, 0.1) is 24.7 Å². The molecule has 112 valence electrons. The smallest absolute Gasteiger partial charge is 0.423 e. The second-order valence-corrected chi connectivity index (χ2v) is 8.17. The molecular weight excluding hydrogens is 282 g/mol. The molecule has 0 saturated heterocycles. The fraction of sp³-hybridized carbons (Fsp3) is 0.647. The molecule has 1 aromatic rings. The molecule has 0 spiro atoms. The number of hydrogen-bond acceptors (Lipinski definition) is 2. The number of rotatable bonds is 2. The highest BCUT2D eigenvalue weighted by molar-refractivity contribution is 6.62. The van der Waals surface area contributed by atoms with E-state index in [1.54, 1.807) is 0 Å². The molecule has 0 heterocycles. The summed E-state index contributed by atoms with van der Waals surface area (Å²) in [4.78, 5) is 0. The summed E-state index contributed by atoms with van der Waals surface area (Å²) >= 11 is 6.18. The van der Waals surface area contributed by atoms with E-state index in [4.69, 9.17) is 11.6 Å². The molecule has 0 radical (unpaired) electrons. The van der Waals surface area contributed by atoms with Crippen LogP contribution in [0.1, 0.15) is 49.7 Å². The lowest BCUT2D eigenvalue weighted by atomic mass is 9.47. The summed E-state index contributed by atoms with van der Waals surface area (Å²) < 4.78 is 0. The standard InChI is InChI=1S/C17H22BClO2/c1-10-2-16(19)15(18(20)21)6-14(10)17-7-11-3-12(8-17)5-13(4-11)9-17/h2,6,11-13,20-21H,3-5,7-9H2,1H3. The van der Waals surface area contributed by atoms with Crippen molar-refractivity contribution in [2.75, 3.05) is 0 Å². The number of aryl methyl sites for hydroxylation is 1. The maximum atomic E-state index is 9.57. The van der Waals surface area contributed by atoms with Crippen molar-refractivity contribution in [2.45, 2.75) is 50.9 Å². The molecule has 4 aliphatic rings. The third-order valence-electron chi connectivity index (χ3n) is 6.23. The first-order valence-electron chi connectivity index (χ1n) is 8.13. The van der Waals surface area contributed by atoms with Crippen molar-refractivity contribution in [3.8, 4) is 0 Å². The van der Waals surface area contributed by atoms with E-state index in [1.165, 1.54) is 49.7 Å². The van der Waals surface area contributed by atoms with E-state index in [0.29, 0.717) is 10.5 Å². The second-order valence-electron chi connectivity index (χ2n) is 7.76. The maximum absolute atomic E-state index is 9.57. The zero-order chi connectivity index (χ0) is 14.8. The van der Waals surface area contributed by atoms with Crippen molar-refractivity contribution in [2.24, 2.45) is 17.8 Å². The van der Waals surface area contributed by atoms with E-state index < -0.39 is 7.12 Å². The van der Waals surface area contributed by atoms with Crippen molar-refractivity contribution in [3.63, 3.8) is 0 Å². The monoisotopic (exact) mass is 304 g/mol. The van der Waals surface area contributed by atoms with Gasteiger partial charge in [0.2, 0.25) is 0 Å². The van der Waals surface area contributed by atoms with E-state index in [1.807, 2.05) is 12.1 Å². The summed E-state index contributed by atoms with van der Waals surface area (Å²) in [5.41, 5.74) is 3.28. The summed E-state index contributed by atoms with van der Waals surface area (Å²) in [6.07, 6.45) is 8.09. The fourth-order valence-electron chi connectivity index (χ4n) is 5.90. The molecule has 21 heavy (non-hydrogen) atoms. The SMILES string of the molecule is Cc1cc(Cl)c(B(O)O)cc1C12CC3CC(CC(C3)C1)C2. The van der Waals surface area contributed by atoms with Gasteiger partial charge in [-0.05, 0) is 85.8 Å². The number of halogens is 1. The van der Waals surface area contributed by atoms with Gasteiger partial charge in [0.05, 0.1) is 0 Å². The first-order valence-corrected chi connectivity index (χ1v) is 8.51. The van der Waals surface area contributed by atoms with Crippen LogP contribution in [0.2, 0.25) is 5.02 Å². The van der Waals surface area contributed by atoms with Crippen LogP contribution in [0.3, 0.4) is 0 Å². The highest BCUT2D eigenvalue weighted by Crippen LogP contribution is 2.61. The number of benzene rings is 1. The molecule has 4 aliphatic carbocycles. The predicted octanol–water partition coefficient (Wildman–Crippen LogP) is 2.80. The number of hydrogen-bond donors (Lipinski definition) is 2. The lowest BCUT2D eigenvalue weighted by molar-refractivity contribution is -0.00543. The summed E-state index contributed by atoms with van der Waals surface area (Å²) in [5.74, 6) is 2.65. The fourth-order valence-corrected chi connectivity index (χ4v) is 6.21. The van der Waals surface area contributed by atoms with Crippen molar-refractivity contribution in [3.05, 3.63) is 28.3 Å². The van der Waals surface area contributed by atoms with Crippen molar-refractivity contribution < 1.29 is 10.0 Å². The van der Waals surface area contributed by atoms with Gasteiger partial charge in [-0.15, -0.1) is 0 Å². The molecule has 0 unspecified atom stereocenters. The van der Waals surface area contributed by atoms with Crippen molar-refractivity contribution in [1.82, 2.24) is 0 Å². The Morgan fingerprint density at radius 1 is 1.05 bits per heavy atom. The van der Waals surface area contributed by atoms with Crippen LogP contribution in [0.4, 0.5) is 0 Å². The predicted molar refractivity (Wildman–Crippen MR) is 85.9 cm³/mol. The molecule has 2 nitrogen and oxygen atoms in total. The minimum atomic E-state index is -1.48. The van der Waals surface area contributed by atoms with Crippen molar-refractivity contribution >= 4 is 24.2 Å². The lowest BCUT2D eigenvalue weighted by Gasteiger charge is -2.57. The van der Waals surface area contributed by atoms with E-state index >= 15 is 0 Å². The van der Waals surface area contributed by atoms with Gasteiger partial charge < -0.3 is 10.0 Å². The summed E-state index contributed by atoms with van der Waals surface area (Å²) in [5, 5.41) is 19.6. The van der Waals surface area contributed by atoms with Gasteiger partial charge in [0.15, 0.2) is 0 Å². The Hall–Kier alpha value is -0.505. The zero-order valence-electron chi connectivity index (χ0n) is 12.5. The Morgan fingerprint density at radius 2 is 1.57 bits per heavy atom. The minimum Gasteiger partial charge on any atom is -0.423 e. The molecule has 0 aromatic heterocycles. The molecule has 4 heteroatoms. The van der Waals surface area contributed by atoms with Gasteiger partial charge in [-0.1, -0.05) is 17.7 Å². The largest absolute Gasteiger partial charge is 0.489 e. The summed E-state index contributed by atoms with van der Waals surface area (Å²) in [6.45, 7) is 2.12. The Kier molecular flexibility index (Phi) is 3.19. The third-order valence-corrected chi connectivity index (χ3v) is 6.56. The second kappa shape index (κ2) is 4.74. The van der Waals surface area contributed by atoms with Crippen molar-refractivity contribution in [1.29, 1.82) is 0 Å². The molecular formula is C17H22BClO2. The molecule has 1 aromatic carbocycles. The van der Waals surface area contributed by atoms with Gasteiger partial charge in [-0.2, -0.15) is 0 Å².